The minimum absolute atomic E-state index is 0.0490. The summed E-state index contributed by atoms with van der Waals surface area (Å²) in [6.07, 6.45) is 1.99. The number of unbranched alkanes of at least 4 members (excludes halogenated alkanes) is 1. The molecule has 0 unspecified atom stereocenters. The van der Waals surface area contributed by atoms with E-state index in [0.717, 1.165) is 25.2 Å². The molecule has 0 saturated heterocycles. The maximum atomic E-state index is 13.1. The number of hydrogen-bond acceptors (Lipinski definition) is 4. The van der Waals surface area contributed by atoms with Gasteiger partial charge in [-0.05, 0) is 6.42 Å². The topological polar surface area (TPSA) is 67.5 Å². The van der Waals surface area contributed by atoms with Crippen molar-refractivity contribution in [3.8, 4) is 0 Å². The van der Waals surface area contributed by atoms with Gasteiger partial charge in [-0.2, -0.15) is 0 Å². The predicted octanol–water partition coefficient (Wildman–Crippen LogP) is 3.75. The first-order chi connectivity index (χ1) is 11.4. The number of fused-ring (bicyclic) bond motifs is 2. The van der Waals surface area contributed by atoms with Crippen LogP contribution in [0.1, 0.15) is 73.7 Å². The number of aromatic nitrogens is 2. The Labute approximate surface area is 142 Å². The zero-order valence-electron chi connectivity index (χ0n) is 14.6. The number of benzene rings is 1. The molecular weight excluding hydrogens is 302 g/mol. The van der Waals surface area contributed by atoms with Crippen molar-refractivity contribution < 1.29 is 10.0 Å². The van der Waals surface area contributed by atoms with Gasteiger partial charge in [0.25, 0.3) is 0 Å². The monoisotopic (exact) mass is 325 g/mol. The molecule has 0 saturated carbocycles. The Kier molecular flexibility index (Phi) is 4.03. The molecule has 0 amide bonds. The highest BCUT2D eigenvalue weighted by atomic mass is 16.4. The van der Waals surface area contributed by atoms with Crippen LogP contribution in [0.5, 0.6) is 0 Å². The average molecular weight is 325 g/mol. The van der Waals surface area contributed by atoms with E-state index in [0.29, 0.717) is 28.2 Å². The summed E-state index contributed by atoms with van der Waals surface area (Å²) in [5.41, 5.74) is 2.40. The van der Waals surface area contributed by atoms with E-state index >= 15 is 0 Å². The first-order valence-corrected chi connectivity index (χ1v) is 8.37. The summed E-state index contributed by atoms with van der Waals surface area (Å²) in [6, 6.07) is 7.24. The summed E-state index contributed by atoms with van der Waals surface area (Å²) < 4.78 is 2.02. The lowest BCUT2D eigenvalue weighted by atomic mass is 9.89. The number of imidazole rings is 1. The van der Waals surface area contributed by atoms with Crippen LogP contribution in [0.4, 0.5) is 0 Å². The molecule has 0 aliphatic heterocycles. The Morgan fingerprint density at radius 1 is 1.21 bits per heavy atom. The second-order valence-corrected chi connectivity index (χ2v) is 7.21. The van der Waals surface area contributed by atoms with Gasteiger partial charge in [-0.1, -0.05) is 63.5 Å². The number of rotatable bonds is 3. The van der Waals surface area contributed by atoms with E-state index in [1.54, 1.807) is 12.1 Å². The molecular formula is C19H23N3O2. The summed E-state index contributed by atoms with van der Waals surface area (Å²) in [4.78, 5) is 17.8. The smallest absolute Gasteiger partial charge is 0.212 e. The van der Waals surface area contributed by atoms with Crippen LogP contribution in [0.15, 0.2) is 29.4 Å². The molecule has 126 valence electrons. The van der Waals surface area contributed by atoms with Crippen molar-refractivity contribution in [1.82, 2.24) is 9.55 Å². The maximum absolute atomic E-state index is 13.1. The lowest BCUT2D eigenvalue weighted by molar-refractivity contribution is 0.102. The van der Waals surface area contributed by atoms with Crippen LogP contribution >= 0.6 is 0 Å². The molecule has 1 aliphatic rings. The largest absolute Gasteiger partial charge is 0.410 e. The van der Waals surface area contributed by atoms with E-state index < -0.39 is 0 Å². The fourth-order valence-electron chi connectivity index (χ4n) is 3.20. The van der Waals surface area contributed by atoms with Gasteiger partial charge in [-0.15, -0.1) is 0 Å². The van der Waals surface area contributed by atoms with Crippen LogP contribution in [0.25, 0.3) is 0 Å². The van der Waals surface area contributed by atoms with Gasteiger partial charge in [0.05, 0.1) is 0 Å². The molecule has 0 radical (unpaired) electrons. The van der Waals surface area contributed by atoms with E-state index in [4.69, 9.17) is 4.98 Å². The molecule has 2 aromatic rings. The highest BCUT2D eigenvalue weighted by Gasteiger charge is 2.36. The van der Waals surface area contributed by atoms with E-state index in [9.17, 15) is 10.0 Å². The van der Waals surface area contributed by atoms with Gasteiger partial charge < -0.3 is 9.77 Å². The molecule has 0 spiro atoms. The number of nitrogens with zero attached hydrogens (tertiary/aromatic N) is 3. The second-order valence-electron chi connectivity index (χ2n) is 7.21. The molecule has 1 aromatic carbocycles. The lowest BCUT2D eigenvalue weighted by Gasteiger charge is -2.21. The van der Waals surface area contributed by atoms with Crippen LogP contribution in [-0.2, 0) is 12.0 Å². The number of ketones is 1. The van der Waals surface area contributed by atoms with Crippen LogP contribution in [0, 0.1) is 0 Å². The van der Waals surface area contributed by atoms with Crippen molar-refractivity contribution >= 4 is 11.5 Å². The predicted molar refractivity (Wildman–Crippen MR) is 93.1 cm³/mol. The Hall–Kier alpha value is -2.43. The standard InChI is InChI=1S/C19H23N3O2/c1-5-6-11-22-16-15(20-18(22)19(2,3)4)14(21-24)12-9-7-8-10-13(12)17(16)23/h7-10,24H,5-6,11H2,1-4H3. The van der Waals surface area contributed by atoms with E-state index in [1.165, 1.54) is 0 Å². The molecule has 0 atom stereocenters. The molecule has 5 nitrogen and oxygen atoms in total. The summed E-state index contributed by atoms with van der Waals surface area (Å²) in [5, 5.41) is 13.0. The first kappa shape index (κ1) is 16.4. The van der Waals surface area contributed by atoms with Gasteiger partial charge >= 0.3 is 0 Å². The number of hydrogen-bond donors (Lipinski definition) is 1. The Bertz CT molecular complexity index is 826. The zero-order valence-corrected chi connectivity index (χ0v) is 14.6. The third-order valence-corrected chi connectivity index (χ3v) is 4.34. The lowest BCUT2D eigenvalue weighted by Crippen LogP contribution is -2.25. The molecule has 1 heterocycles. The molecule has 0 fully saturated rings. The van der Waals surface area contributed by atoms with Crippen LogP contribution < -0.4 is 0 Å². The number of oxime groups is 1. The van der Waals surface area contributed by atoms with Gasteiger partial charge in [0.15, 0.2) is 0 Å². The van der Waals surface area contributed by atoms with Crippen molar-refractivity contribution in [3.63, 3.8) is 0 Å². The molecule has 1 aliphatic carbocycles. The average Bonchev–Trinajstić information content (AvgIpc) is 2.93. The minimum Gasteiger partial charge on any atom is -0.410 e. The maximum Gasteiger partial charge on any atom is 0.212 e. The van der Waals surface area contributed by atoms with Gasteiger partial charge in [0, 0.05) is 23.1 Å². The minimum atomic E-state index is -0.210. The van der Waals surface area contributed by atoms with E-state index in [2.05, 4.69) is 32.9 Å². The number of carbonyl (C=O) groups excluding carboxylic acids is 1. The first-order valence-electron chi connectivity index (χ1n) is 8.37. The van der Waals surface area contributed by atoms with Crippen LogP contribution in [-0.4, -0.2) is 26.3 Å². The van der Waals surface area contributed by atoms with Gasteiger partial charge in [-0.3, -0.25) is 4.79 Å². The third kappa shape index (κ3) is 2.44. The zero-order chi connectivity index (χ0) is 17.5. The Balaban J connectivity index is 2.29. The fourth-order valence-corrected chi connectivity index (χ4v) is 3.20. The molecule has 1 N–H and O–H groups in total. The molecule has 5 heteroatoms. The fraction of sp³-hybridized carbons (Fsp3) is 0.421. The summed E-state index contributed by atoms with van der Waals surface area (Å²) in [7, 11) is 0. The van der Waals surface area contributed by atoms with E-state index in [1.807, 2.05) is 16.7 Å². The third-order valence-electron chi connectivity index (χ3n) is 4.34. The van der Waals surface area contributed by atoms with Crippen molar-refractivity contribution in [3.05, 3.63) is 52.6 Å². The highest BCUT2D eigenvalue weighted by Crippen LogP contribution is 2.32. The van der Waals surface area contributed by atoms with Crippen LogP contribution in [0.2, 0.25) is 0 Å². The van der Waals surface area contributed by atoms with E-state index in [-0.39, 0.29) is 11.2 Å². The van der Waals surface area contributed by atoms with Crippen molar-refractivity contribution in [2.75, 3.05) is 0 Å². The summed E-state index contributed by atoms with van der Waals surface area (Å²) in [5.74, 6) is 0.801. The molecule has 0 bridgehead atoms. The van der Waals surface area contributed by atoms with Crippen molar-refractivity contribution in [2.24, 2.45) is 5.16 Å². The van der Waals surface area contributed by atoms with Gasteiger partial charge in [0.1, 0.15) is 22.9 Å². The quantitative estimate of drug-likeness (QED) is 0.589. The Morgan fingerprint density at radius 2 is 1.88 bits per heavy atom. The SMILES string of the molecule is CCCCn1c(C(C)(C)C)nc2c1C(=O)c1ccccc1C2=NO. The van der Waals surface area contributed by atoms with Crippen molar-refractivity contribution in [2.45, 2.75) is 52.5 Å². The molecule has 1 aromatic heterocycles. The normalized spacial score (nSPS) is 15.5. The van der Waals surface area contributed by atoms with Gasteiger partial charge in [-0.25, -0.2) is 4.98 Å². The number of carbonyl (C=O) groups is 1. The highest BCUT2D eigenvalue weighted by molar-refractivity contribution is 6.28. The molecule has 24 heavy (non-hydrogen) atoms. The second kappa shape index (κ2) is 5.89. The molecule has 3 rings (SSSR count). The summed E-state index contributed by atoms with van der Waals surface area (Å²) >= 11 is 0. The van der Waals surface area contributed by atoms with Crippen LogP contribution in [0.3, 0.4) is 0 Å². The summed E-state index contributed by atoms with van der Waals surface area (Å²) in [6.45, 7) is 9.10. The van der Waals surface area contributed by atoms with Gasteiger partial charge in [0.2, 0.25) is 5.78 Å². The van der Waals surface area contributed by atoms with Crippen molar-refractivity contribution in [1.29, 1.82) is 0 Å². The Morgan fingerprint density at radius 3 is 2.46 bits per heavy atom.